The summed E-state index contributed by atoms with van der Waals surface area (Å²) in [5, 5.41) is -0.214. The minimum Gasteiger partial charge on any atom is -0.417 e. The molecule has 158 valence electrons. The summed E-state index contributed by atoms with van der Waals surface area (Å²) < 4.78 is 36.8. The van der Waals surface area contributed by atoms with E-state index in [0.29, 0.717) is 0 Å². The van der Waals surface area contributed by atoms with Gasteiger partial charge in [-0.15, -0.1) is 11.6 Å². The zero-order valence-corrected chi connectivity index (χ0v) is 18.2. The van der Waals surface area contributed by atoms with Gasteiger partial charge in [0.2, 0.25) is 17.0 Å². The number of carbonyl (C=O) groups excluding carboxylic acids is 2. The second-order valence-corrected chi connectivity index (χ2v) is 8.63. The van der Waals surface area contributed by atoms with E-state index >= 15 is 0 Å². The molecule has 0 aliphatic heterocycles. The molecule has 1 atom stereocenters. The zero-order valence-electron chi connectivity index (χ0n) is 15.1. The zero-order chi connectivity index (χ0) is 21.9. The van der Waals surface area contributed by atoms with Crippen LogP contribution in [0.1, 0.15) is 31.7 Å². The lowest BCUT2D eigenvalue weighted by molar-refractivity contribution is -0.129. The van der Waals surface area contributed by atoms with Gasteiger partial charge >= 0.3 is 16.2 Å². The van der Waals surface area contributed by atoms with Gasteiger partial charge in [0, 0.05) is 22.2 Å². The SMILES string of the molecule is CC(C)c1ncn(C(OC(N)=O)C(=O)CCl)c1S(=O)(=O)Oc1cc(Cl)cc(Cl)c1. The van der Waals surface area contributed by atoms with Crippen LogP contribution in [0.15, 0.2) is 29.6 Å². The molecule has 0 bridgehead atoms. The topological polar surface area (TPSA) is 131 Å². The Kier molecular flexibility index (Phi) is 7.39. The van der Waals surface area contributed by atoms with E-state index in [1.165, 1.54) is 18.2 Å². The fourth-order valence-corrected chi connectivity index (χ4v) is 4.39. The lowest BCUT2D eigenvalue weighted by atomic mass is 10.1. The summed E-state index contributed by atoms with van der Waals surface area (Å²) in [5.41, 5.74) is 5.07. The van der Waals surface area contributed by atoms with Crippen LogP contribution in [0.5, 0.6) is 5.75 Å². The van der Waals surface area contributed by atoms with Crippen molar-refractivity contribution >= 4 is 56.8 Å². The van der Waals surface area contributed by atoms with Crippen molar-refractivity contribution < 1.29 is 26.9 Å². The third kappa shape index (κ3) is 5.53. The van der Waals surface area contributed by atoms with E-state index in [4.69, 9.17) is 49.5 Å². The minimum atomic E-state index is -4.58. The lowest BCUT2D eigenvalue weighted by Crippen LogP contribution is -2.31. The predicted molar refractivity (Wildman–Crippen MR) is 106 cm³/mol. The van der Waals surface area contributed by atoms with Crippen molar-refractivity contribution in [1.82, 2.24) is 9.55 Å². The highest BCUT2D eigenvalue weighted by Crippen LogP contribution is 2.31. The summed E-state index contributed by atoms with van der Waals surface area (Å²) in [6.45, 7) is 3.35. The number of benzene rings is 1. The van der Waals surface area contributed by atoms with Crippen molar-refractivity contribution in [1.29, 1.82) is 0 Å². The average Bonchev–Trinajstić information content (AvgIpc) is 3.03. The first kappa shape index (κ1) is 23.3. The number of ketones is 1. The highest BCUT2D eigenvalue weighted by molar-refractivity contribution is 7.87. The number of hydrogen-bond donors (Lipinski definition) is 1. The van der Waals surface area contributed by atoms with E-state index in [-0.39, 0.29) is 21.5 Å². The van der Waals surface area contributed by atoms with Crippen molar-refractivity contribution in [3.8, 4) is 5.75 Å². The Bertz CT molecular complexity index is 1020. The van der Waals surface area contributed by atoms with Crippen molar-refractivity contribution in [2.45, 2.75) is 31.0 Å². The fraction of sp³-hybridized carbons (Fsp3) is 0.312. The number of amides is 1. The third-order valence-corrected chi connectivity index (χ3v) is 5.49. The number of alkyl halides is 1. The molecule has 2 N–H and O–H groups in total. The molecule has 2 rings (SSSR count). The molecule has 9 nitrogen and oxygen atoms in total. The van der Waals surface area contributed by atoms with E-state index in [0.717, 1.165) is 10.9 Å². The lowest BCUT2D eigenvalue weighted by Gasteiger charge is -2.19. The maximum atomic E-state index is 13.0. The third-order valence-electron chi connectivity index (χ3n) is 3.49. The Morgan fingerprint density at radius 3 is 2.28 bits per heavy atom. The molecule has 0 saturated heterocycles. The molecule has 1 aromatic heterocycles. The van der Waals surface area contributed by atoms with Crippen LogP contribution in [0, 0.1) is 0 Å². The quantitative estimate of drug-likeness (QED) is 0.448. The fourth-order valence-electron chi connectivity index (χ4n) is 2.38. The summed E-state index contributed by atoms with van der Waals surface area (Å²) >= 11 is 17.3. The monoisotopic (exact) mass is 483 g/mol. The van der Waals surface area contributed by atoms with Crippen LogP contribution in [0.3, 0.4) is 0 Å². The molecule has 13 heteroatoms. The van der Waals surface area contributed by atoms with Gasteiger partial charge in [0.25, 0.3) is 0 Å². The summed E-state index contributed by atoms with van der Waals surface area (Å²) in [4.78, 5) is 27.4. The molecule has 1 unspecified atom stereocenters. The number of primary amides is 1. The van der Waals surface area contributed by atoms with Crippen LogP contribution in [0.4, 0.5) is 4.79 Å². The van der Waals surface area contributed by atoms with Gasteiger partial charge in [-0.2, -0.15) is 8.42 Å². The van der Waals surface area contributed by atoms with E-state index < -0.39 is 45.0 Å². The van der Waals surface area contributed by atoms with Crippen molar-refractivity contribution in [2.24, 2.45) is 5.73 Å². The molecule has 0 saturated carbocycles. The standard InChI is InChI=1S/C16H16Cl3N3O6S/c1-8(2)13-15(22(7-21-13)14(12(23)6-17)27-16(20)24)29(25,26)28-11-4-9(18)3-10(19)5-11/h3-5,7-8,14H,6H2,1-2H3,(H2,20,24). The number of aromatic nitrogens is 2. The van der Waals surface area contributed by atoms with Crippen LogP contribution in [0.2, 0.25) is 10.0 Å². The molecule has 0 aliphatic carbocycles. The Morgan fingerprint density at radius 2 is 1.79 bits per heavy atom. The molecule has 0 spiro atoms. The number of hydrogen-bond acceptors (Lipinski definition) is 7. The van der Waals surface area contributed by atoms with Gasteiger partial charge in [-0.1, -0.05) is 37.0 Å². The minimum absolute atomic E-state index is 0.0681. The first-order valence-electron chi connectivity index (χ1n) is 7.98. The molecule has 0 fully saturated rings. The van der Waals surface area contributed by atoms with E-state index in [2.05, 4.69) is 4.98 Å². The first-order chi connectivity index (χ1) is 13.5. The Labute approximate surface area is 181 Å². The number of nitrogens with two attached hydrogens (primary N) is 1. The van der Waals surface area contributed by atoms with Crippen LogP contribution in [-0.2, 0) is 19.6 Å². The normalized spacial score (nSPS) is 12.6. The number of rotatable bonds is 8. The maximum Gasteiger partial charge on any atom is 0.406 e. The van der Waals surface area contributed by atoms with Crippen LogP contribution in [0.25, 0.3) is 0 Å². The van der Waals surface area contributed by atoms with E-state index in [9.17, 15) is 18.0 Å². The van der Waals surface area contributed by atoms with Crippen LogP contribution >= 0.6 is 34.8 Å². The van der Waals surface area contributed by atoms with Gasteiger partial charge in [0.15, 0.2) is 0 Å². The predicted octanol–water partition coefficient (Wildman–Crippen LogP) is 3.48. The number of imidazole rings is 1. The molecule has 1 amide bonds. The number of ether oxygens (including phenoxy) is 1. The van der Waals surface area contributed by atoms with Gasteiger partial charge in [0.1, 0.15) is 5.75 Å². The van der Waals surface area contributed by atoms with Gasteiger partial charge < -0.3 is 14.7 Å². The summed E-state index contributed by atoms with van der Waals surface area (Å²) in [6.07, 6.45) is -2.03. The molecule has 1 aromatic carbocycles. The summed E-state index contributed by atoms with van der Waals surface area (Å²) in [7, 11) is -4.58. The van der Waals surface area contributed by atoms with Crippen molar-refractivity contribution in [2.75, 3.05) is 5.88 Å². The molecule has 0 radical (unpaired) electrons. The first-order valence-corrected chi connectivity index (χ1v) is 10.7. The van der Waals surface area contributed by atoms with E-state index in [1.807, 2.05) is 0 Å². The molecule has 0 aliphatic rings. The summed E-state index contributed by atoms with van der Waals surface area (Å²) in [5.74, 6) is -1.95. The number of carbonyl (C=O) groups is 2. The Balaban J connectivity index is 2.63. The van der Waals surface area contributed by atoms with Crippen molar-refractivity contribution in [3.63, 3.8) is 0 Å². The largest absolute Gasteiger partial charge is 0.417 e. The highest BCUT2D eigenvalue weighted by Gasteiger charge is 2.35. The van der Waals surface area contributed by atoms with Gasteiger partial charge in [-0.3, -0.25) is 9.36 Å². The summed E-state index contributed by atoms with van der Waals surface area (Å²) in [6, 6.07) is 3.87. The van der Waals surface area contributed by atoms with Crippen LogP contribution in [-0.4, -0.2) is 35.7 Å². The maximum absolute atomic E-state index is 13.0. The molecular formula is C16H16Cl3N3O6S. The Hall–Kier alpha value is -2.01. The highest BCUT2D eigenvalue weighted by atomic mass is 35.5. The van der Waals surface area contributed by atoms with Crippen molar-refractivity contribution in [3.05, 3.63) is 40.3 Å². The average molecular weight is 485 g/mol. The molecule has 29 heavy (non-hydrogen) atoms. The van der Waals surface area contributed by atoms with Gasteiger partial charge in [-0.25, -0.2) is 9.78 Å². The molecular weight excluding hydrogens is 469 g/mol. The van der Waals surface area contributed by atoms with Crippen LogP contribution < -0.4 is 9.92 Å². The van der Waals surface area contributed by atoms with E-state index in [1.54, 1.807) is 13.8 Å². The van der Waals surface area contributed by atoms with Gasteiger partial charge in [-0.05, 0) is 12.0 Å². The number of Topliss-reactive ketones (excluding diaryl/α,β-unsaturated/α-hetero) is 1. The second-order valence-electron chi connectivity index (χ2n) is 6.03. The number of halogens is 3. The second kappa shape index (κ2) is 9.21. The smallest absolute Gasteiger partial charge is 0.406 e. The molecule has 1 heterocycles. The Morgan fingerprint density at radius 1 is 1.21 bits per heavy atom. The molecule has 2 aromatic rings. The number of nitrogens with zero attached hydrogens (tertiary/aromatic N) is 2. The van der Waals surface area contributed by atoms with Gasteiger partial charge in [0.05, 0.1) is 17.9 Å².